The number of para-hydroxylation sites is 1. The van der Waals surface area contributed by atoms with Crippen LogP contribution >= 0.6 is 22.6 Å². The minimum atomic E-state index is -4.74. The Morgan fingerprint density at radius 3 is 2.40 bits per heavy atom. The van der Waals surface area contributed by atoms with Crippen molar-refractivity contribution in [2.45, 2.75) is 20.0 Å². The van der Waals surface area contributed by atoms with Gasteiger partial charge in [0.25, 0.3) is 0 Å². The second kappa shape index (κ2) is 9.03. The third-order valence-corrected chi connectivity index (χ3v) is 5.22. The van der Waals surface area contributed by atoms with Crippen LogP contribution in [-0.4, -0.2) is 29.4 Å². The van der Waals surface area contributed by atoms with E-state index >= 15 is 0 Å². The molecule has 156 valence electrons. The normalized spacial score (nSPS) is 12.1. The molecule has 8 heteroatoms. The highest BCUT2D eigenvalue weighted by Gasteiger charge is 2.40. The van der Waals surface area contributed by atoms with Crippen molar-refractivity contribution in [2.24, 2.45) is 4.99 Å². The number of alkyl halides is 3. The van der Waals surface area contributed by atoms with Crippen molar-refractivity contribution < 1.29 is 22.7 Å². The first-order valence-electron chi connectivity index (χ1n) is 9.08. The van der Waals surface area contributed by atoms with Crippen LogP contribution in [0.15, 0.2) is 59.7 Å². The standard InChI is InChI=1S/C22H18F3IN2O2/c1-3-30-21(29)19-18(14-10-8-13(2)9-11-14)15(12-27-19)20(22(23,24)25)28-17-7-5-4-6-16(17)26/h4-12,27H,3H2,1-2H3. The Balaban J connectivity index is 2.28. The summed E-state index contributed by atoms with van der Waals surface area (Å²) >= 11 is 1.94. The topological polar surface area (TPSA) is 54.5 Å². The van der Waals surface area contributed by atoms with Crippen LogP contribution in [0.5, 0.6) is 0 Å². The number of halogens is 4. The molecule has 3 rings (SSSR count). The summed E-state index contributed by atoms with van der Waals surface area (Å²) in [6.07, 6.45) is -3.59. The van der Waals surface area contributed by atoms with Gasteiger partial charge in [0, 0.05) is 20.9 Å². The largest absolute Gasteiger partial charge is 0.461 e. The van der Waals surface area contributed by atoms with Crippen molar-refractivity contribution in [3.8, 4) is 11.1 Å². The van der Waals surface area contributed by atoms with E-state index in [2.05, 4.69) is 9.98 Å². The van der Waals surface area contributed by atoms with E-state index in [0.717, 1.165) is 11.8 Å². The number of benzene rings is 2. The lowest BCUT2D eigenvalue weighted by atomic mass is 9.97. The lowest BCUT2D eigenvalue weighted by molar-refractivity contribution is -0.0579. The number of aliphatic imine (C=N–C) groups is 1. The van der Waals surface area contributed by atoms with Crippen molar-refractivity contribution >= 4 is 40.0 Å². The maximum atomic E-state index is 14.1. The first-order valence-corrected chi connectivity index (χ1v) is 10.2. The third kappa shape index (κ3) is 4.75. The van der Waals surface area contributed by atoms with E-state index in [0.29, 0.717) is 9.13 Å². The van der Waals surface area contributed by atoms with Gasteiger partial charge in [-0.25, -0.2) is 9.79 Å². The average molecular weight is 526 g/mol. The number of hydrogen-bond donors (Lipinski definition) is 1. The zero-order valence-corrected chi connectivity index (χ0v) is 18.3. The molecule has 0 saturated carbocycles. The fraction of sp³-hybridized carbons (Fsp3) is 0.182. The van der Waals surface area contributed by atoms with Crippen molar-refractivity contribution in [3.63, 3.8) is 0 Å². The fourth-order valence-corrected chi connectivity index (χ4v) is 3.44. The number of nitrogens with one attached hydrogen (secondary N) is 1. The third-order valence-electron chi connectivity index (χ3n) is 4.31. The molecule has 3 aromatic rings. The molecule has 0 aliphatic heterocycles. The van der Waals surface area contributed by atoms with E-state index in [-0.39, 0.29) is 29.1 Å². The smallest absolute Gasteiger partial charge is 0.434 e. The molecule has 2 aromatic carbocycles. The van der Waals surface area contributed by atoms with Gasteiger partial charge in [-0.15, -0.1) is 0 Å². The molecule has 1 aromatic heterocycles. The summed E-state index contributed by atoms with van der Waals surface area (Å²) in [4.78, 5) is 19.0. The Kier molecular flexibility index (Phi) is 6.64. The monoisotopic (exact) mass is 526 g/mol. The molecular formula is C22H18F3IN2O2. The Morgan fingerprint density at radius 2 is 1.80 bits per heavy atom. The van der Waals surface area contributed by atoms with Gasteiger partial charge in [-0.2, -0.15) is 13.2 Å². The molecule has 0 saturated heterocycles. The van der Waals surface area contributed by atoms with Crippen LogP contribution in [0.4, 0.5) is 18.9 Å². The molecule has 1 N–H and O–H groups in total. The zero-order valence-electron chi connectivity index (χ0n) is 16.2. The lowest BCUT2D eigenvalue weighted by Crippen LogP contribution is -2.24. The average Bonchev–Trinajstić information content (AvgIpc) is 3.12. The van der Waals surface area contributed by atoms with Crippen molar-refractivity contribution in [1.29, 1.82) is 0 Å². The van der Waals surface area contributed by atoms with Crippen LogP contribution in [0, 0.1) is 10.5 Å². The van der Waals surface area contributed by atoms with Crippen LogP contribution in [0.3, 0.4) is 0 Å². The minimum absolute atomic E-state index is 0.0459. The number of aryl methyl sites for hydroxylation is 1. The summed E-state index contributed by atoms with van der Waals surface area (Å²) in [5, 5.41) is 0. The van der Waals surface area contributed by atoms with Crippen molar-refractivity contribution in [1.82, 2.24) is 4.98 Å². The van der Waals surface area contributed by atoms with Crippen LogP contribution in [0.2, 0.25) is 0 Å². The fourth-order valence-electron chi connectivity index (χ4n) is 2.93. The number of H-pyrrole nitrogens is 1. The quantitative estimate of drug-likeness (QED) is 0.236. The van der Waals surface area contributed by atoms with Gasteiger partial charge in [0.1, 0.15) is 5.69 Å². The number of ether oxygens (including phenoxy) is 1. The Labute approximate surface area is 185 Å². The molecule has 4 nitrogen and oxygen atoms in total. The molecule has 0 amide bonds. The molecule has 30 heavy (non-hydrogen) atoms. The molecular weight excluding hydrogens is 508 g/mol. The summed E-state index contributed by atoms with van der Waals surface area (Å²) in [5.41, 5.74) is 0.352. The number of aromatic nitrogens is 1. The van der Waals surface area contributed by atoms with Gasteiger partial charge in [-0.3, -0.25) is 0 Å². The van der Waals surface area contributed by atoms with Crippen LogP contribution < -0.4 is 0 Å². The summed E-state index contributed by atoms with van der Waals surface area (Å²) in [7, 11) is 0. The number of rotatable bonds is 5. The van der Waals surface area contributed by atoms with E-state index in [1.807, 2.05) is 29.5 Å². The van der Waals surface area contributed by atoms with Gasteiger partial charge in [-0.05, 0) is 54.1 Å². The van der Waals surface area contributed by atoms with E-state index < -0.39 is 17.9 Å². The number of hydrogen-bond acceptors (Lipinski definition) is 3. The Bertz CT molecular complexity index is 1090. The Morgan fingerprint density at radius 1 is 1.13 bits per heavy atom. The van der Waals surface area contributed by atoms with E-state index in [1.54, 1.807) is 49.4 Å². The number of nitrogens with zero attached hydrogens (tertiary/aromatic N) is 1. The molecule has 0 atom stereocenters. The second-order valence-electron chi connectivity index (χ2n) is 6.45. The van der Waals surface area contributed by atoms with Crippen LogP contribution in [0.1, 0.15) is 28.5 Å². The zero-order chi connectivity index (χ0) is 21.9. The SMILES string of the molecule is CCOC(=O)c1[nH]cc(C(=Nc2ccccc2I)C(F)(F)F)c1-c1ccc(C)cc1. The lowest BCUT2D eigenvalue weighted by Gasteiger charge is -2.14. The van der Waals surface area contributed by atoms with Gasteiger partial charge < -0.3 is 9.72 Å². The summed E-state index contributed by atoms with van der Waals surface area (Å²) < 4.78 is 47.9. The molecule has 0 unspecified atom stereocenters. The second-order valence-corrected chi connectivity index (χ2v) is 7.61. The summed E-state index contributed by atoms with van der Waals surface area (Å²) in [5.74, 6) is -0.727. The van der Waals surface area contributed by atoms with Crippen molar-refractivity contribution in [2.75, 3.05) is 6.61 Å². The molecule has 0 fully saturated rings. The Hall–Kier alpha value is -2.62. The van der Waals surface area contributed by atoms with Gasteiger partial charge in [-0.1, -0.05) is 42.0 Å². The van der Waals surface area contributed by atoms with Gasteiger partial charge >= 0.3 is 12.1 Å². The highest BCUT2D eigenvalue weighted by Crippen LogP contribution is 2.35. The molecule has 0 spiro atoms. The minimum Gasteiger partial charge on any atom is -0.461 e. The highest BCUT2D eigenvalue weighted by atomic mass is 127. The van der Waals surface area contributed by atoms with Gasteiger partial charge in [0.15, 0.2) is 5.71 Å². The first-order chi connectivity index (χ1) is 14.2. The summed E-state index contributed by atoms with van der Waals surface area (Å²) in [6.45, 7) is 3.60. The number of carbonyl (C=O) groups excluding carboxylic acids is 1. The molecule has 0 aliphatic rings. The van der Waals surface area contributed by atoms with Crippen LogP contribution in [0.25, 0.3) is 11.1 Å². The number of aromatic amines is 1. The van der Waals surface area contributed by atoms with Gasteiger partial charge in [0.05, 0.1) is 12.3 Å². The molecule has 1 heterocycles. The predicted molar refractivity (Wildman–Crippen MR) is 118 cm³/mol. The first kappa shape index (κ1) is 22.1. The van der Waals surface area contributed by atoms with E-state index in [9.17, 15) is 18.0 Å². The maximum absolute atomic E-state index is 14.1. The molecule has 0 bridgehead atoms. The molecule has 0 aliphatic carbocycles. The highest BCUT2D eigenvalue weighted by molar-refractivity contribution is 14.1. The van der Waals surface area contributed by atoms with E-state index in [4.69, 9.17) is 4.74 Å². The van der Waals surface area contributed by atoms with E-state index in [1.165, 1.54) is 6.07 Å². The summed E-state index contributed by atoms with van der Waals surface area (Å²) in [6, 6.07) is 13.4. The number of esters is 1. The van der Waals surface area contributed by atoms with Gasteiger partial charge in [0.2, 0.25) is 0 Å². The number of carbonyl (C=O) groups is 1. The maximum Gasteiger partial charge on any atom is 0.434 e. The van der Waals surface area contributed by atoms with Crippen molar-refractivity contribution in [3.05, 3.63) is 75.1 Å². The molecule has 0 radical (unpaired) electrons. The predicted octanol–water partition coefficient (Wildman–Crippen LogP) is 6.45. The van der Waals surface area contributed by atoms with Crippen LogP contribution in [-0.2, 0) is 4.74 Å².